The van der Waals surface area contributed by atoms with Crippen LogP contribution < -0.4 is 4.74 Å². The predicted molar refractivity (Wildman–Crippen MR) is 72.4 cm³/mol. The van der Waals surface area contributed by atoms with Crippen LogP contribution in [0.2, 0.25) is 0 Å². The second kappa shape index (κ2) is 10.6. The summed E-state index contributed by atoms with van der Waals surface area (Å²) in [6, 6.07) is 7.55. The maximum atomic E-state index is 11.6. The maximum absolute atomic E-state index is 11.6. The summed E-state index contributed by atoms with van der Waals surface area (Å²) in [5.41, 5.74) is 0.984. The average molecular weight is 235 g/mol. The number of allylic oxidation sites excluding steroid dienone is 2. The number of hydrogen-bond acceptors (Lipinski definition) is 2. The van der Waals surface area contributed by atoms with Crippen molar-refractivity contribution in [2.75, 3.05) is 14.2 Å². The third-order valence-electron chi connectivity index (χ3n) is 1.82. The standard InChI is InChI=1S/C11H11FO.C3H7N/c1-13-11-7-4-6-10(9-11)5-2-3-8-12;1-3-4-2/h2-9H,1H3;3H,1-2H3/b5-2+,8-3+;. The molecule has 0 saturated heterocycles. The first-order valence-electron chi connectivity index (χ1n) is 5.22. The van der Waals surface area contributed by atoms with E-state index in [9.17, 15) is 4.39 Å². The van der Waals surface area contributed by atoms with Crippen LogP contribution in [-0.4, -0.2) is 20.4 Å². The van der Waals surface area contributed by atoms with Crippen molar-refractivity contribution in [3.05, 3.63) is 48.3 Å². The van der Waals surface area contributed by atoms with Crippen molar-refractivity contribution in [3.63, 3.8) is 0 Å². The first kappa shape index (κ1) is 15.1. The predicted octanol–water partition coefficient (Wildman–Crippen LogP) is 3.90. The molecule has 1 aromatic carbocycles. The lowest BCUT2D eigenvalue weighted by molar-refractivity contribution is 0.414. The van der Waals surface area contributed by atoms with Crippen LogP contribution >= 0.6 is 0 Å². The number of rotatable bonds is 3. The molecule has 1 aromatic rings. The van der Waals surface area contributed by atoms with E-state index in [4.69, 9.17) is 4.74 Å². The van der Waals surface area contributed by atoms with E-state index in [0.29, 0.717) is 6.33 Å². The molecule has 0 atom stereocenters. The number of aliphatic imine (C=N–C) groups is 1. The van der Waals surface area contributed by atoms with E-state index in [1.807, 2.05) is 31.2 Å². The second-order valence-electron chi connectivity index (χ2n) is 2.97. The molecule has 0 N–H and O–H groups in total. The normalized spacial score (nSPS) is 10.8. The van der Waals surface area contributed by atoms with Crippen LogP contribution in [0.3, 0.4) is 0 Å². The number of benzene rings is 1. The Kier molecular flexibility index (Phi) is 9.43. The van der Waals surface area contributed by atoms with Crippen LogP contribution in [0.15, 0.2) is 47.7 Å². The molecular formula is C14H18FNO. The van der Waals surface area contributed by atoms with Gasteiger partial charge in [0, 0.05) is 7.05 Å². The Bertz CT molecular complexity index is 380. The number of halogens is 1. The van der Waals surface area contributed by atoms with Crippen molar-refractivity contribution in [3.8, 4) is 5.75 Å². The highest BCUT2D eigenvalue weighted by molar-refractivity contribution is 5.53. The summed E-state index contributed by atoms with van der Waals surface area (Å²) < 4.78 is 16.6. The number of methoxy groups -OCH3 is 1. The van der Waals surface area contributed by atoms with Gasteiger partial charge in [-0.3, -0.25) is 0 Å². The molecule has 2 nitrogen and oxygen atoms in total. The summed E-state index contributed by atoms with van der Waals surface area (Å²) in [5.74, 6) is 0.798. The number of hydrogen-bond donors (Lipinski definition) is 0. The van der Waals surface area contributed by atoms with Gasteiger partial charge in [0.05, 0.1) is 13.4 Å². The zero-order valence-corrected chi connectivity index (χ0v) is 10.4. The van der Waals surface area contributed by atoms with E-state index in [2.05, 4.69) is 4.99 Å². The minimum atomic E-state index is 0.497. The average Bonchev–Trinajstić information content (AvgIpc) is 2.39. The zero-order valence-electron chi connectivity index (χ0n) is 10.4. The van der Waals surface area contributed by atoms with E-state index in [-0.39, 0.29) is 0 Å². The SMILES string of the molecule is CC=NC.COc1cccc(/C=C/C=C/F)c1. The fourth-order valence-corrected chi connectivity index (χ4v) is 0.954. The first-order chi connectivity index (χ1) is 8.28. The zero-order chi connectivity index (χ0) is 12.9. The Hall–Kier alpha value is -1.90. The van der Waals surface area contributed by atoms with Gasteiger partial charge in [-0.1, -0.05) is 24.3 Å². The Morgan fingerprint density at radius 2 is 2.00 bits per heavy atom. The van der Waals surface area contributed by atoms with Crippen LogP contribution in [-0.2, 0) is 0 Å². The molecule has 1 rings (SSSR count). The molecule has 0 saturated carbocycles. The van der Waals surface area contributed by atoms with Gasteiger partial charge < -0.3 is 9.73 Å². The van der Waals surface area contributed by atoms with Crippen molar-refractivity contribution in [2.24, 2.45) is 4.99 Å². The van der Waals surface area contributed by atoms with Crippen LogP contribution in [0.25, 0.3) is 6.08 Å². The van der Waals surface area contributed by atoms with Gasteiger partial charge in [0.25, 0.3) is 0 Å². The van der Waals surface area contributed by atoms with Crippen molar-refractivity contribution in [1.29, 1.82) is 0 Å². The fourth-order valence-electron chi connectivity index (χ4n) is 0.954. The van der Waals surface area contributed by atoms with E-state index in [1.54, 1.807) is 32.5 Å². The van der Waals surface area contributed by atoms with Crippen LogP contribution in [0.4, 0.5) is 4.39 Å². The van der Waals surface area contributed by atoms with Crippen molar-refractivity contribution >= 4 is 12.3 Å². The van der Waals surface area contributed by atoms with Gasteiger partial charge in [-0.15, -0.1) is 0 Å². The van der Waals surface area contributed by atoms with Crippen molar-refractivity contribution in [1.82, 2.24) is 0 Å². The van der Waals surface area contributed by atoms with E-state index < -0.39 is 0 Å². The molecule has 3 heteroatoms. The number of nitrogens with zero attached hydrogens (tertiary/aromatic N) is 1. The summed E-state index contributed by atoms with van der Waals surface area (Å²) in [4.78, 5) is 3.61. The lowest BCUT2D eigenvalue weighted by atomic mass is 10.2. The molecular weight excluding hydrogens is 217 g/mol. The molecule has 0 heterocycles. The Labute approximate surface area is 102 Å². The molecule has 0 fully saturated rings. The van der Waals surface area contributed by atoms with Crippen LogP contribution in [0, 0.1) is 0 Å². The molecule has 0 aliphatic carbocycles. The highest BCUT2D eigenvalue weighted by Crippen LogP contribution is 2.13. The van der Waals surface area contributed by atoms with Gasteiger partial charge in [0.15, 0.2) is 0 Å². The molecule has 0 aliphatic rings. The maximum Gasteiger partial charge on any atom is 0.119 e. The lowest BCUT2D eigenvalue weighted by Crippen LogP contribution is -1.81. The Morgan fingerprint density at radius 1 is 1.29 bits per heavy atom. The summed E-state index contributed by atoms with van der Waals surface area (Å²) in [7, 11) is 3.37. The minimum absolute atomic E-state index is 0.497. The number of ether oxygens (including phenoxy) is 1. The third kappa shape index (κ3) is 7.96. The highest BCUT2D eigenvalue weighted by atomic mass is 19.1. The van der Waals surface area contributed by atoms with Crippen LogP contribution in [0.5, 0.6) is 5.75 Å². The summed E-state index contributed by atoms with van der Waals surface area (Å²) in [5, 5.41) is 0. The quantitative estimate of drug-likeness (QED) is 0.575. The van der Waals surface area contributed by atoms with E-state index in [1.165, 1.54) is 6.08 Å². The van der Waals surface area contributed by atoms with Gasteiger partial charge in [-0.25, -0.2) is 4.39 Å². The monoisotopic (exact) mass is 235 g/mol. The minimum Gasteiger partial charge on any atom is -0.497 e. The smallest absolute Gasteiger partial charge is 0.119 e. The molecule has 0 unspecified atom stereocenters. The summed E-state index contributed by atoms with van der Waals surface area (Å²) in [6.07, 6.45) is 7.02. The van der Waals surface area contributed by atoms with E-state index in [0.717, 1.165) is 11.3 Å². The molecule has 0 aliphatic heterocycles. The van der Waals surface area contributed by atoms with Gasteiger partial charge in [-0.2, -0.15) is 0 Å². The third-order valence-corrected chi connectivity index (χ3v) is 1.82. The Balaban J connectivity index is 0.000000557. The second-order valence-corrected chi connectivity index (χ2v) is 2.97. The van der Waals surface area contributed by atoms with Crippen molar-refractivity contribution in [2.45, 2.75) is 6.92 Å². The molecule has 0 amide bonds. The molecule has 0 bridgehead atoms. The van der Waals surface area contributed by atoms with Crippen molar-refractivity contribution < 1.29 is 9.13 Å². The Morgan fingerprint density at radius 3 is 2.53 bits per heavy atom. The molecule has 0 radical (unpaired) electrons. The van der Waals surface area contributed by atoms with Gasteiger partial charge >= 0.3 is 0 Å². The largest absolute Gasteiger partial charge is 0.497 e. The molecule has 0 spiro atoms. The highest BCUT2D eigenvalue weighted by Gasteiger charge is 1.89. The molecule has 92 valence electrons. The first-order valence-corrected chi connectivity index (χ1v) is 5.22. The molecule has 0 aromatic heterocycles. The summed E-state index contributed by atoms with van der Waals surface area (Å²) >= 11 is 0. The van der Waals surface area contributed by atoms with Gasteiger partial charge in [0.2, 0.25) is 0 Å². The van der Waals surface area contributed by atoms with Gasteiger partial charge in [0.1, 0.15) is 5.75 Å². The lowest BCUT2D eigenvalue weighted by Gasteiger charge is -1.99. The summed E-state index contributed by atoms with van der Waals surface area (Å²) in [6.45, 7) is 1.89. The van der Waals surface area contributed by atoms with E-state index >= 15 is 0 Å². The molecule has 17 heavy (non-hydrogen) atoms. The topological polar surface area (TPSA) is 21.6 Å². The fraction of sp³-hybridized carbons (Fsp3) is 0.214. The van der Waals surface area contributed by atoms with Crippen LogP contribution in [0.1, 0.15) is 12.5 Å². The van der Waals surface area contributed by atoms with Gasteiger partial charge in [-0.05, 0) is 36.9 Å².